The quantitative estimate of drug-likeness (QED) is 0.168. The van der Waals surface area contributed by atoms with Gasteiger partial charge in [0, 0.05) is 24.0 Å². The van der Waals surface area contributed by atoms with Crippen LogP contribution in [0.5, 0.6) is 0 Å². The Kier molecular flexibility index (Phi) is 11.7. The highest BCUT2D eigenvalue weighted by atomic mass is 79.9. The number of sulfonamides is 1. The van der Waals surface area contributed by atoms with Crippen LogP contribution in [0.3, 0.4) is 0 Å². The number of nitrogens with one attached hydrogen (secondary N) is 1. The van der Waals surface area contributed by atoms with Gasteiger partial charge in [-0.05, 0) is 59.9 Å². The maximum Gasteiger partial charge on any atom is 0.264 e. The minimum atomic E-state index is -4.14. The number of halogens is 1. The van der Waals surface area contributed by atoms with Crippen LogP contribution in [0.2, 0.25) is 0 Å². The van der Waals surface area contributed by atoms with E-state index < -0.39 is 28.5 Å². The van der Waals surface area contributed by atoms with E-state index in [1.54, 1.807) is 30.3 Å². The summed E-state index contributed by atoms with van der Waals surface area (Å²) < 4.78 is 30.4. The molecule has 7 nitrogen and oxygen atoms in total. The molecule has 44 heavy (non-hydrogen) atoms. The number of rotatable bonds is 14. The summed E-state index contributed by atoms with van der Waals surface area (Å²) in [7, 11) is -4.14. The zero-order valence-corrected chi connectivity index (χ0v) is 27.4. The predicted octanol–water partition coefficient (Wildman–Crippen LogP) is 6.37. The van der Waals surface area contributed by atoms with E-state index in [4.69, 9.17) is 0 Å². The van der Waals surface area contributed by atoms with Crippen LogP contribution in [-0.4, -0.2) is 44.3 Å². The van der Waals surface area contributed by atoms with Crippen molar-refractivity contribution in [3.05, 3.63) is 130 Å². The number of hydrogen-bond acceptors (Lipinski definition) is 4. The fraction of sp³-hybridized carbons (Fsp3) is 0.257. The average Bonchev–Trinajstić information content (AvgIpc) is 3.04. The van der Waals surface area contributed by atoms with Crippen molar-refractivity contribution in [2.45, 2.75) is 50.6 Å². The third-order valence-electron chi connectivity index (χ3n) is 7.31. The molecule has 0 aliphatic rings. The summed E-state index contributed by atoms with van der Waals surface area (Å²) in [6.45, 7) is 4.01. The minimum Gasteiger partial charge on any atom is -0.354 e. The molecule has 1 N–H and O–H groups in total. The number of carbonyl (C=O) groups is 2. The first-order valence-corrected chi connectivity index (χ1v) is 17.0. The minimum absolute atomic E-state index is 0.0822. The molecule has 0 saturated heterocycles. The first-order valence-electron chi connectivity index (χ1n) is 14.8. The van der Waals surface area contributed by atoms with E-state index in [0.29, 0.717) is 18.7 Å². The van der Waals surface area contributed by atoms with E-state index in [9.17, 15) is 18.0 Å². The second kappa shape index (κ2) is 15.7. The molecule has 0 heterocycles. The number of amides is 2. The van der Waals surface area contributed by atoms with E-state index in [0.717, 1.165) is 27.6 Å². The van der Waals surface area contributed by atoms with Gasteiger partial charge in [-0.2, -0.15) is 0 Å². The van der Waals surface area contributed by atoms with Gasteiger partial charge < -0.3 is 10.2 Å². The van der Waals surface area contributed by atoms with Gasteiger partial charge in [-0.1, -0.05) is 109 Å². The Hall–Kier alpha value is -3.95. The molecule has 0 spiro atoms. The number of hydrogen-bond donors (Lipinski definition) is 1. The van der Waals surface area contributed by atoms with Gasteiger partial charge in [-0.25, -0.2) is 8.42 Å². The summed E-state index contributed by atoms with van der Waals surface area (Å²) in [6.07, 6.45) is 1.58. The van der Waals surface area contributed by atoms with Gasteiger partial charge >= 0.3 is 0 Å². The summed E-state index contributed by atoms with van der Waals surface area (Å²) >= 11 is 3.51. The maximum absolute atomic E-state index is 14.5. The fourth-order valence-electron chi connectivity index (χ4n) is 5.04. The molecule has 0 fully saturated rings. The van der Waals surface area contributed by atoms with Crippen molar-refractivity contribution in [1.82, 2.24) is 10.2 Å². The second-order valence-corrected chi connectivity index (χ2v) is 13.2. The van der Waals surface area contributed by atoms with Crippen LogP contribution in [0.4, 0.5) is 5.69 Å². The third kappa shape index (κ3) is 8.36. The van der Waals surface area contributed by atoms with Crippen LogP contribution in [0.25, 0.3) is 0 Å². The number of aryl methyl sites for hydroxylation is 1. The van der Waals surface area contributed by atoms with Crippen molar-refractivity contribution in [1.29, 1.82) is 0 Å². The highest BCUT2D eigenvalue weighted by Gasteiger charge is 2.35. The lowest BCUT2D eigenvalue weighted by atomic mass is 10.0. The Morgan fingerprint density at radius 2 is 1.45 bits per heavy atom. The van der Waals surface area contributed by atoms with Crippen molar-refractivity contribution in [3.63, 3.8) is 0 Å². The number of para-hydroxylation sites is 1. The van der Waals surface area contributed by atoms with Gasteiger partial charge in [-0.15, -0.1) is 0 Å². The van der Waals surface area contributed by atoms with Gasteiger partial charge in [0.15, 0.2) is 0 Å². The fourth-order valence-corrected chi connectivity index (χ4v) is 6.96. The summed E-state index contributed by atoms with van der Waals surface area (Å²) in [5.41, 5.74) is 2.92. The van der Waals surface area contributed by atoms with Crippen molar-refractivity contribution in [3.8, 4) is 0 Å². The average molecular weight is 677 g/mol. The predicted molar refractivity (Wildman–Crippen MR) is 179 cm³/mol. The molecule has 4 rings (SSSR count). The second-order valence-electron chi connectivity index (χ2n) is 10.5. The number of carbonyl (C=O) groups excluding carboxylic acids is 2. The Labute approximate surface area is 269 Å². The van der Waals surface area contributed by atoms with Gasteiger partial charge in [0.2, 0.25) is 11.8 Å². The molecule has 0 aliphatic heterocycles. The van der Waals surface area contributed by atoms with Gasteiger partial charge in [0.25, 0.3) is 10.0 Å². The molecule has 0 radical (unpaired) electrons. The van der Waals surface area contributed by atoms with Crippen molar-refractivity contribution in [2.24, 2.45) is 0 Å². The molecule has 230 valence electrons. The maximum atomic E-state index is 14.5. The lowest BCUT2D eigenvalue weighted by molar-refractivity contribution is -0.140. The van der Waals surface area contributed by atoms with E-state index in [1.807, 2.05) is 80.6 Å². The molecule has 4 aromatic rings. The Morgan fingerprint density at radius 1 is 0.818 bits per heavy atom. The van der Waals surface area contributed by atoms with E-state index in [1.165, 1.54) is 21.3 Å². The molecule has 0 aliphatic carbocycles. The van der Waals surface area contributed by atoms with Crippen LogP contribution in [0.1, 0.15) is 37.0 Å². The third-order valence-corrected chi connectivity index (χ3v) is 9.58. The largest absolute Gasteiger partial charge is 0.354 e. The molecular weight excluding hydrogens is 638 g/mol. The van der Waals surface area contributed by atoms with Crippen molar-refractivity contribution in [2.75, 3.05) is 17.4 Å². The lowest BCUT2D eigenvalue weighted by Crippen LogP contribution is -2.53. The standard InChI is InChI=1S/C35H38BrN3O4S/c1-3-22-37-35(41)33(24-27-14-7-5-8-15-27)38(25-28-16-13-18-30(36)23-28)34(40)26-39(32-21-12-11-17-29(32)4-2)44(42,43)31-19-9-6-10-20-31/h5-21,23,33H,3-4,22,24-26H2,1-2H3,(H,37,41). The highest BCUT2D eigenvalue weighted by Crippen LogP contribution is 2.28. The van der Waals surface area contributed by atoms with Crippen LogP contribution in [0.15, 0.2) is 119 Å². The smallest absolute Gasteiger partial charge is 0.264 e. The van der Waals surface area contributed by atoms with E-state index >= 15 is 0 Å². The van der Waals surface area contributed by atoms with Crippen molar-refractivity contribution >= 4 is 43.5 Å². The monoisotopic (exact) mass is 675 g/mol. The number of nitrogens with zero attached hydrogens (tertiary/aromatic N) is 2. The highest BCUT2D eigenvalue weighted by molar-refractivity contribution is 9.10. The normalized spacial score (nSPS) is 11.9. The van der Waals surface area contributed by atoms with Crippen LogP contribution < -0.4 is 9.62 Å². The van der Waals surface area contributed by atoms with Crippen molar-refractivity contribution < 1.29 is 18.0 Å². The van der Waals surface area contributed by atoms with Gasteiger partial charge in [-0.3, -0.25) is 13.9 Å². The molecule has 0 saturated carbocycles. The van der Waals surface area contributed by atoms with Crippen LogP contribution >= 0.6 is 15.9 Å². The van der Waals surface area contributed by atoms with E-state index in [-0.39, 0.29) is 23.8 Å². The molecule has 9 heteroatoms. The van der Waals surface area contributed by atoms with E-state index in [2.05, 4.69) is 21.2 Å². The Balaban J connectivity index is 1.82. The Morgan fingerprint density at radius 3 is 2.11 bits per heavy atom. The summed E-state index contributed by atoms with van der Waals surface area (Å²) in [5.74, 6) is -0.770. The SMILES string of the molecule is CCCNC(=O)C(Cc1ccccc1)N(Cc1cccc(Br)c1)C(=O)CN(c1ccccc1CC)S(=O)(=O)c1ccccc1. The molecule has 1 unspecified atom stereocenters. The molecule has 1 atom stereocenters. The molecule has 4 aromatic carbocycles. The number of anilines is 1. The molecule has 2 amide bonds. The molecular formula is C35H38BrN3O4S. The zero-order chi connectivity index (χ0) is 31.5. The summed E-state index contributed by atoms with van der Waals surface area (Å²) in [4.78, 5) is 29.9. The topological polar surface area (TPSA) is 86.8 Å². The first-order chi connectivity index (χ1) is 21.2. The first kappa shape index (κ1) is 33.0. The summed E-state index contributed by atoms with van der Waals surface area (Å²) in [5, 5.41) is 2.97. The van der Waals surface area contributed by atoms with Gasteiger partial charge in [0.05, 0.1) is 10.6 Å². The Bertz CT molecular complexity index is 1650. The summed E-state index contributed by atoms with van der Waals surface area (Å²) in [6, 6.07) is 31.5. The van der Waals surface area contributed by atoms with Gasteiger partial charge in [0.1, 0.15) is 12.6 Å². The van der Waals surface area contributed by atoms with Crippen LogP contribution in [-0.2, 0) is 39.0 Å². The lowest BCUT2D eigenvalue weighted by Gasteiger charge is -2.34. The zero-order valence-electron chi connectivity index (χ0n) is 25.0. The molecule has 0 bridgehead atoms. The number of benzene rings is 4. The molecule has 0 aromatic heterocycles. The van der Waals surface area contributed by atoms with Crippen LogP contribution in [0, 0.1) is 0 Å².